The number of hydrogen-bond acceptors (Lipinski definition) is 4. The third-order valence-electron chi connectivity index (χ3n) is 5.66. The number of rotatable bonds is 6. The number of urea groups is 1. The van der Waals surface area contributed by atoms with E-state index in [1.165, 1.54) is 25.8 Å². The van der Waals surface area contributed by atoms with Crippen molar-refractivity contribution in [3.8, 4) is 0 Å². The van der Waals surface area contributed by atoms with Crippen molar-refractivity contribution in [2.75, 3.05) is 53.4 Å². The van der Waals surface area contributed by atoms with Gasteiger partial charge >= 0.3 is 6.03 Å². The molecule has 0 aromatic rings. The van der Waals surface area contributed by atoms with Crippen LogP contribution in [0.1, 0.15) is 25.7 Å². The SMILES string of the molecule is COC1CCN([C@H]2CCC[C@H]2N(C)CCN2CCNC2=O)C1. The third kappa shape index (κ3) is 3.39. The van der Waals surface area contributed by atoms with Gasteiger partial charge in [-0.05, 0) is 26.3 Å². The van der Waals surface area contributed by atoms with Gasteiger partial charge in [-0.15, -0.1) is 0 Å². The van der Waals surface area contributed by atoms with Crippen molar-refractivity contribution in [2.45, 2.75) is 43.9 Å². The van der Waals surface area contributed by atoms with E-state index in [1.54, 1.807) is 0 Å². The van der Waals surface area contributed by atoms with Crippen molar-refractivity contribution < 1.29 is 9.53 Å². The summed E-state index contributed by atoms with van der Waals surface area (Å²) in [5.74, 6) is 0. The lowest BCUT2D eigenvalue weighted by molar-refractivity contribution is 0.0841. The second kappa shape index (κ2) is 7.15. The summed E-state index contributed by atoms with van der Waals surface area (Å²) in [7, 11) is 4.05. The zero-order valence-electron chi connectivity index (χ0n) is 14.0. The van der Waals surface area contributed by atoms with Crippen LogP contribution in [-0.4, -0.2) is 92.3 Å². The lowest BCUT2D eigenvalue weighted by Gasteiger charge is -2.35. The zero-order chi connectivity index (χ0) is 15.5. The second-order valence-electron chi connectivity index (χ2n) is 6.91. The number of carbonyl (C=O) groups excluding carboxylic acids is 1. The van der Waals surface area contributed by atoms with E-state index in [9.17, 15) is 4.79 Å². The van der Waals surface area contributed by atoms with Crippen LogP contribution < -0.4 is 5.32 Å². The number of likely N-dealkylation sites (tertiary alicyclic amines) is 1. The van der Waals surface area contributed by atoms with Gasteiger partial charge in [0.1, 0.15) is 0 Å². The van der Waals surface area contributed by atoms with Crippen LogP contribution in [0, 0.1) is 0 Å². The minimum Gasteiger partial charge on any atom is -0.380 e. The van der Waals surface area contributed by atoms with Crippen LogP contribution in [0.2, 0.25) is 0 Å². The number of carbonyl (C=O) groups is 1. The summed E-state index contributed by atoms with van der Waals surface area (Å²) in [6.45, 7) is 5.70. The van der Waals surface area contributed by atoms with Crippen LogP contribution in [0.15, 0.2) is 0 Å². The third-order valence-corrected chi connectivity index (χ3v) is 5.66. The standard InChI is InChI=1S/C16H30N4O2/c1-18(10-11-19-9-7-17-16(19)21)14-4-3-5-15(14)20-8-6-13(12-20)22-2/h13-15H,3-12H2,1-2H3,(H,17,21)/t13?,14-,15+/m1/s1. The zero-order valence-corrected chi connectivity index (χ0v) is 14.0. The number of amides is 2. The van der Waals surface area contributed by atoms with E-state index in [2.05, 4.69) is 22.2 Å². The second-order valence-corrected chi connectivity index (χ2v) is 6.91. The highest BCUT2D eigenvalue weighted by atomic mass is 16.5. The normalized spacial score (nSPS) is 33.1. The van der Waals surface area contributed by atoms with Crippen LogP contribution in [-0.2, 0) is 4.74 Å². The van der Waals surface area contributed by atoms with Crippen LogP contribution in [0.5, 0.6) is 0 Å². The highest BCUT2D eigenvalue weighted by Gasteiger charge is 2.38. The molecule has 1 N–H and O–H groups in total. The van der Waals surface area contributed by atoms with Gasteiger partial charge in [-0.3, -0.25) is 4.90 Å². The fourth-order valence-corrected chi connectivity index (χ4v) is 4.28. The number of methoxy groups -OCH3 is 1. The summed E-state index contributed by atoms with van der Waals surface area (Å²) < 4.78 is 5.52. The Kier molecular flexibility index (Phi) is 5.21. The van der Waals surface area contributed by atoms with Crippen molar-refractivity contribution in [1.29, 1.82) is 0 Å². The van der Waals surface area contributed by atoms with E-state index in [1.807, 2.05) is 12.0 Å². The van der Waals surface area contributed by atoms with Gasteiger partial charge in [-0.25, -0.2) is 4.79 Å². The molecule has 2 amide bonds. The van der Waals surface area contributed by atoms with E-state index in [-0.39, 0.29) is 6.03 Å². The van der Waals surface area contributed by atoms with E-state index < -0.39 is 0 Å². The van der Waals surface area contributed by atoms with E-state index >= 15 is 0 Å². The lowest BCUT2D eigenvalue weighted by Crippen LogP contribution is -2.49. The summed E-state index contributed by atoms with van der Waals surface area (Å²) in [5.41, 5.74) is 0. The van der Waals surface area contributed by atoms with E-state index in [0.29, 0.717) is 18.2 Å². The summed E-state index contributed by atoms with van der Waals surface area (Å²) in [6, 6.07) is 1.39. The summed E-state index contributed by atoms with van der Waals surface area (Å²) in [4.78, 5) is 18.7. The predicted octanol–water partition coefficient (Wildman–Crippen LogP) is 0.585. The molecule has 3 fully saturated rings. The lowest BCUT2D eigenvalue weighted by atomic mass is 10.1. The molecule has 1 unspecified atom stereocenters. The predicted molar refractivity (Wildman–Crippen MR) is 86.0 cm³/mol. The maximum Gasteiger partial charge on any atom is 0.317 e. The number of likely N-dealkylation sites (N-methyl/N-ethyl adjacent to an activating group) is 1. The minimum absolute atomic E-state index is 0.0962. The first kappa shape index (κ1) is 16.0. The Morgan fingerprint density at radius 2 is 2.18 bits per heavy atom. The van der Waals surface area contributed by atoms with Gasteiger partial charge in [-0.2, -0.15) is 0 Å². The molecular weight excluding hydrogens is 280 g/mol. The maximum absolute atomic E-state index is 11.6. The molecule has 3 rings (SSSR count). The molecular formula is C16H30N4O2. The van der Waals surface area contributed by atoms with Crippen molar-refractivity contribution in [3.63, 3.8) is 0 Å². The van der Waals surface area contributed by atoms with Gasteiger partial charge in [0.05, 0.1) is 6.10 Å². The van der Waals surface area contributed by atoms with Gasteiger partial charge < -0.3 is 19.9 Å². The van der Waals surface area contributed by atoms with Crippen molar-refractivity contribution in [3.05, 3.63) is 0 Å². The fourth-order valence-electron chi connectivity index (χ4n) is 4.28. The van der Waals surface area contributed by atoms with Gasteiger partial charge in [0.2, 0.25) is 0 Å². The van der Waals surface area contributed by atoms with Crippen LogP contribution in [0.4, 0.5) is 4.79 Å². The van der Waals surface area contributed by atoms with Gasteiger partial charge in [0, 0.05) is 58.5 Å². The molecule has 0 aromatic heterocycles. The molecule has 3 aliphatic rings. The molecule has 1 aliphatic carbocycles. The van der Waals surface area contributed by atoms with Crippen LogP contribution in [0.3, 0.4) is 0 Å². The van der Waals surface area contributed by atoms with Gasteiger partial charge in [0.15, 0.2) is 0 Å². The smallest absolute Gasteiger partial charge is 0.317 e. The first-order valence-electron chi connectivity index (χ1n) is 8.69. The fraction of sp³-hybridized carbons (Fsp3) is 0.938. The molecule has 22 heavy (non-hydrogen) atoms. The molecule has 0 spiro atoms. The average Bonchev–Trinajstić information content (AvgIpc) is 3.24. The number of ether oxygens (including phenoxy) is 1. The Bertz CT molecular complexity index is 392. The summed E-state index contributed by atoms with van der Waals surface area (Å²) in [6.07, 6.45) is 5.48. The molecule has 0 aromatic carbocycles. The Morgan fingerprint density at radius 1 is 1.32 bits per heavy atom. The minimum atomic E-state index is 0.0962. The molecule has 126 valence electrons. The number of hydrogen-bond donors (Lipinski definition) is 1. The van der Waals surface area contributed by atoms with Crippen LogP contribution >= 0.6 is 0 Å². The van der Waals surface area contributed by atoms with Gasteiger partial charge in [0.25, 0.3) is 0 Å². The molecule has 6 heteroatoms. The Labute approximate surface area is 133 Å². The first-order chi connectivity index (χ1) is 10.7. The van der Waals surface area contributed by atoms with Crippen LogP contribution in [0.25, 0.3) is 0 Å². The van der Waals surface area contributed by atoms with Crippen molar-refractivity contribution >= 4 is 6.03 Å². The summed E-state index contributed by atoms with van der Waals surface area (Å²) >= 11 is 0. The Hall–Kier alpha value is -0.850. The molecule has 0 radical (unpaired) electrons. The monoisotopic (exact) mass is 310 g/mol. The molecule has 0 bridgehead atoms. The summed E-state index contributed by atoms with van der Waals surface area (Å²) in [5, 5.41) is 2.87. The molecule has 1 saturated carbocycles. The van der Waals surface area contributed by atoms with Gasteiger partial charge in [-0.1, -0.05) is 6.42 Å². The average molecular weight is 310 g/mol. The molecule has 3 atom stereocenters. The topological polar surface area (TPSA) is 48.1 Å². The van der Waals surface area contributed by atoms with E-state index in [4.69, 9.17) is 4.74 Å². The number of nitrogens with one attached hydrogen (secondary N) is 1. The van der Waals surface area contributed by atoms with E-state index in [0.717, 1.165) is 39.1 Å². The molecule has 2 saturated heterocycles. The maximum atomic E-state index is 11.6. The van der Waals surface area contributed by atoms with Crippen molar-refractivity contribution in [2.24, 2.45) is 0 Å². The Morgan fingerprint density at radius 3 is 2.86 bits per heavy atom. The van der Waals surface area contributed by atoms with Crippen molar-refractivity contribution in [1.82, 2.24) is 20.0 Å². The first-order valence-corrected chi connectivity index (χ1v) is 8.69. The molecule has 6 nitrogen and oxygen atoms in total. The highest BCUT2D eigenvalue weighted by molar-refractivity contribution is 5.76. The molecule has 2 heterocycles. The number of nitrogens with zero attached hydrogens (tertiary/aromatic N) is 3. The Balaban J connectivity index is 1.50. The largest absolute Gasteiger partial charge is 0.380 e. The quantitative estimate of drug-likeness (QED) is 0.780. The highest BCUT2D eigenvalue weighted by Crippen LogP contribution is 2.30. The molecule has 2 aliphatic heterocycles.